The van der Waals surface area contributed by atoms with Gasteiger partial charge in [0.05, 0.1) is 37.7 Å². The Hall–Kier alpha value is -3.52. The molecule has 0 fully saturated rings. The Balaban J connectivity index is 0. The molecule has 0 aliphatic rings. The van der Waals surface area contributed by atoms with Gasteiger partial charge in [-0.25, -0.2) is 4.79 Å². The van der Waals surface area contributed by atoms with Crippen molar-refractivity contribution in [2.45, 2.75) is 174 Å². The van der Waals surface area contributed by atoms with Crippen LogP contribution >= 0.6 is 15.9 Å². The highest BCUT2D eigenvalue weighted by molar-refractivity contribution is 9.09. The molecule has 2 atom stereocenters. The molecule has 19 heteroatoms. The van der Waals surface area contributed by atoms with Crippen molar-refractivity contribution in [3.8, 4) is 0 Å². The van der Waals surface area contributed by atoms with Crippen LogP contribution in [0.25, 0.3) is 0 Å². The number of ether oxygens (including phenoxy) is 4. The van der Waals surface area contributed by atoms with Crippen LogP contribution in [-0.2, 0) is 57.3 Å². The van der Waals surface area contributed by atoms with Crippen molar-refractivity contribution in [3.05, 3.63) is 0 Å². The van der Waals surface area contributed by atoms with Gasteiger partial charge in [-0.05, 0) is 58.8 Å². The predicted molar refractivity (Wildman–Crippen MR) is 254 cm³/mol. The number of aliphatic carboxylic acids is 3. The van der Waals surface area contributed by atoms with E-state index in [0.29, 0.717) is 78.0 Å². The minimum atomic E-state index is -1.12. The van der Waals surface area contributed by atoms with E-state index in [1.165, 1.54) is 51.4 Å². The minimum Gasteiger partial charge on any atom is -0.481 e. The third-order valence-corrected chi connectivity index (χ3v) is 10.7. The molecule has 0 rings (SSSR count). The highest BCUT2D eigenvalue weighted by atomic mass is 79.9. The van der Waals surface area contributed by atoms with Gasteiger partial charge in [-0.3, -0.25) is 33.6 Å². The zero-order valence-corrected chi connectivity index (χ0v) is 41.6. The number of halogens is 1. The second kappa shape index (κ2) is 48.0. The summed E-state index contributed by atoms with van der Waals surface area (Å²) >= 11 is 3.04. The van der Waals surface area contributed by atoms with E-state index >= 15 is 0 Å². The Labute approximate surface area is 401 Å². The molecule has 0 unspecified atom stereocenters. The van der Waals surface area contributed by atoms with E-state index in [9.17, 15) is 48.6 Å². The van der Waals surface area contributed by atoms with Crippen LogP contribution in [0, 0.1) is 5.92 Å². The average Bonchev–Trinajstić information content (AvgIpc) is 3.27. The third kappa shape index (κ3) is 47.0. The number of alkyl halides is 1. The SMILES string of the molecule is CCNC(=O)CC[C@H](CC(=O)CCCCCCCCCCCCCCCCC(=O)O)C(=O)O.CCOCCOCC(=O)CCCOCCOCC(=O)N[C@@H](CCCCNC(=O)CBr)C(=O)O. The number of carbonyl (C=O) groups excluding carboxylic acids is 5. The Bertz CT molecular complexity index is 1310. The number of Topliss-reactive ketones (excluding diaryl/α,β-unsaturated/α-hetero) is 2. The van der Waals surface area contributed by atoms with Crippen LogP contribution in [0.1, 0.15) is 168 Å². The normalized spacial score (nSPS) is 11.7. The molecule has 3 amide bonds. The van der Waals surface area contributed by atoms with E-state index in [1.807, 2.05) is 13.8 Å². The van der Waals surface area contributed by atoms with Crippen LogP contribution in [0.15, 0.2) is 0 Å². The Kier molecular flexibility index (Phi) is 46.9. The van der Waals surface area contributed by atoms with Gasteiger partial charge >= 0.3 is 17.9 Å². The summed E-state index contributed by atoms with van der Waals surface area (Å²) in [6, 6.07) is -1.01. The van der Waals surface area contributed by atoms with Crippen molar-refractivity contribution < 1.29 is 72.6 Å². The molecule has 0 radical (unpaired) electrons. The third-order valence-electron chi connectivity index (χ3n) is 10.2. The summed E-state index contributed by atoms with van der Waals surface area (Å²) < 4.78 is 20.8. The molecule has 0 saturated heterocycles. The number of unbranched alkanes of at least 4 members (excludes halogenated alkanes) is 14. The van der Waals surface area contributed by atoms with E-state index in [4.69, 9.17) is 24.1 Å². The summed E-state index contributed by atoms with van der Waals surface area (Å²) in [6.07, 6.45) is 19.2. The number of carboxylic acid groups (broad SMARTS) is 3. The van der Waals surface area contributed by atoms with Crippen LogP contribution < -0.4 is 16.0 Å². The fourth-order valence-corrected chi connectivity index (χ4v) is 6.72. The molecular formula is C47H84BrN3O15. The first-order valence-electron chi connectivity index (χ1n) is 24.2. The number of hydrogen-bond donors (Lipinski definition) is 6. The van der Waals surface area contributed by atoms with E-state index < -0.39 is 35.8 Å². The van der Waals surface area contributed by atoms with Crippen molar-refractivity contribution in [2.24, 2.45) is 5.92 Å². The molecule has 0 spiro atoms. The first-order valence-corrected chi connectivity index (χ1v) is 25.3. The fraction of sp³-hybridized carbons (Fsp3) is 0.830. The molecular weight excluding hydrogens is 926 g/mol. The van der Waals surface area contributed by atoms with E-state index in [0.717, 1.165) is 38.5 Å². The molecule has 384 valence electrons. The summed E-state index contributed by atoms with van der Waals surface area (Å²) in [5.41, 5.74) is 0. The predicted octanol–water partition coefficient (Wildman–Crippen LogP) is 6.56. The lowest BCUT2D eigenvalue weighted by Crippen LogP contribution is -2.42. The largest absolute Gasteiger partial charge is 0.481 e. The van der Waals surface area contributed by atoms with Gasteiger partial charge in [-0.2, -0.15) is 0 Å². The van der Waals surface area contributed by atoms with Gasteiger partial charge in [0, 0.05) is 58.4 Å². The standard InChI is InChI=1S/C26H47NO6.C21H37BrN2O9/c1-2-27-24(29)20-19-22(26(32)33)21-23(28)17-15-13-11-9-7-5-3-4-6-8-10-12-14-16-18-25(30)31;1-2-30-10-12-32-15-17(25)6-5-9-31-11-13-33-16-20(27)24-18(21(28)29)7-3-4-8-23-19(26)14-22/h22H,2-21H2,1H3,(H,27,29)(H,30,31)(H,32,33);18H,2-16H2,1H3,(H,23,26)(H,24,27)(H,28,29)/t22-;18-/m10/s1. The molecule has 66 heavy (non-hydrogen) atoms. The number of hydrogen-bond acceptors (Lipinski definition) is 12. The lowest BCUT2D eigenvalue weighted by atomic mass is 9.94. The van der Waals surface area contributed by atoms with Crippen molar-refractivity contribution in [3.63, 3.8) is 0 Å². The monoisotopic (exact) mass is 1010 g/mol. The van der Waals surface area contributed by atoms with Crippen molar-refractivity contribution >= 4 is 63.1 Å². The van der Waals surface area contributed by atoms with Gasteiger partial charge in [-0.1, -0.05) is 93.0 Å². The smallest absolute Gasteiger partial charge is 0.326 e. The van der Waals surface area contributed by atoms with Gasteiger partial charge in [-0.15, -0.1) is 0 Å². The summed E-state index contributed by atoms with van der Waals surface area (Å²) in [5.74, 6) is -4.41. The number of carboxylic acids is 3. The lowest BCUT2D eigenvalue weighted by Gasteiger charge is -2.14. The first kappa shape index (κ1) is 64.6. The second-order valence-electron chi connectivity index (χ2n) is 16.1. The summed E-state index contributed by atoms with van der Waals surface area (Å²) in [6.45, 7) is 6.77. The zero-order valence-electron chi connectivity index (χ0n) is 40.0. The molecule has 0 aromatic heterocycles. The molecule has 0 aliphatic carbocycles. The van der Waals surface area contributed by atoms with Crippen LogP contribution in [-0.4, -0.2) is 140 Å². The number of amides is 3. The summed E-state index contributed by atoms with van der Waals surface area (Å²) in [4.78, 5) is 91.2. The maximum absolute atomic E-state index is 12.1. The molecule has 0 aromatic carbocycles. The van der Waals surface area contributed by atoms with Crippen molar-refractivity contribution in [1.82, 2.24) is 16.0 Å². The minimum absolute atomic E-state index is 0.000287. The number of nitrogens with one attached hydrogen (secondary N) is 3. The van der Waals surface area contributed by atoms with Gasteiger partial charge in [0.25, 0.3) is 0 Å². The van der Waals surface area contributed by atoms with Crippen LogP contribution in [0.2, 0.25) is 0 Å². The number of rotatable bonds is 47. The maximum atomic E-state index is 12.1. The highest BCUT2D eigenvalue weighted by Gasteiger charge is 2.22. The maximum Gasteiger partial charge on any atom is 0.326 e. The van der Waals surface area contributed by atoms with Gasteiger partial charge < -0.3 is 50.2 Å². The van der Waals surface area contributed by atoms with Crippen molar-refractivity contribution in [2.75, 3.05) is 71.3 Å². The molecule has 0 saturated carbocycles. The quantitative estimate of drug-likeness (QED) is 0.0278. The molecule has 0 heterocycles. The first-order chi connectivity index (χ1) is 31.8. The Morgan fingerprint density at radius 2 is 1.02 bits per heavy atom. The van der Waals surface area contributed by atoms with Crippen LogP contribution in [0.5, 0.6) is 0 Å². The molecule has 0 aliphatic heterocycles. The van der Waals surface area contributed by atoms with Gasteiger partial charge in [0.1, 0.15) is 25.0 Å². The van der Waals surface area contributed by atoms with E-state index in [-0.39, 0.29) is 80.8 Å². The topological polar surface area (TPSA) is 270 Å². The molecule has 0 bridgehead atoms. The number of ketones is 2. The summed E-state index contributed by atoms with van der Waals surface area (Å²) in [7, 11) is 0. The van der Waals surface area contributed by atoms with E-state index in [2.05, 4.69) is 31.9 Å². The van der Waals surface area contributed by atoms with Crippen LogP contribution in [0.3, 0.4) is 0 Å². The highest BCUT2D eigenvalue weighted by Crippen LogP contribution is 2.17. The lowest BCUT2D eigenvalue weighted by molar-refractivity contribution is -0.144. The van der Waals surface area contributed by atoms with Crippen LogP contribution in [0.4, 0.5) is 0 Å². The van der Waals surface area contributed by atoms with Gasteiger partial charge in [0.2, 0.25) is 17.7 Å². The molecule has 18 nitrogen and oxygen atoms in total. The van der Waals surface area contributed by atoms with Gasteiger partial charge in [0.15, 0.2) is 5.78 Å². The zero-order chi connectivity index (χ0) is 49.5. The fourth-order valence-electron chi connectivity index (χ4n) is 6.52. The average molecular weight is 1010 g/mol. The Morgan fingerprint density at radius 3 is 1.55 bits per heavy atom. The number of carbonyl (C=O) groups is 8. The summed E-state index contributed by atoms with van der Waals surface area (Å²) in [5, 5.41) is 35.1. The Morgan fingerprint density at radius 1 is 0.485 bits per heavy atom. The van der Waals surface area contributed by atoms with E-state index in [1.54, 1.807) is 0 Å². The molecule has 6 N–H and O–H groups in total. The molecule has 0 aromatic rings. The second-order valence-corrected chi connectivity index (χ2v) is 16.7. The van der Waals surface area contributed by atoms with Crippen molar-refractivity contribution in [1.29, 1.82) is 0 Å².